The summed E-state index contributed by atoms with van der Waals surface area (Å²) in [5.41, 5.74) is 1.86. The SMILES string of the molecule is CC[C@@H]1/C=C(\C)C[C@H](C)C[C@H](OC)[C@H]2O[C@@](O)(C(=O)C(=O)N3CCCC[C@H]3C(=O)O[C@H](/C(C)=C/[C@@H]3CC[C@@H](O[Si](C)(C)c4ccccc4Br)[C@H](OC)C3)[C@H](C)[C@@H](O[Si](C)(C)C(C)(C)C)CC1=O)[C@H](C)C[C@@H]2OC. The number of carbonyl (C=O) groups is 4. The molecule has 1 aromatic rings. The van der Waals surface area contributed by atoms with E-state index in [1.165, 1.54) is 10.1 Å². The van der Waals surface area contributed by atoms with Gasteiger partial charge in [-0.2, -0.15) is 0 Å². The molecular formula is C57H92BrNO12Si2. The number of methoxy groups -OCH3 is 3. The lowest BCUT2D eigenvalue weighted by atomic mass is 9.81. The van der Waals surface area contributed by atoms with Crippen molar-refractivity contribution in [3.8, 4) is 0 Å². The van der Waals surface area contributed by atoms with E-state index in [9.17, 15) is 19.5 Å². The number of allylic oxidation sites excluding steroid dienone is 3. The van der Waals surface area contributed by atoms with Crippen molar-refractivity contribution in [2.24, 2.45) is 29.6 Å². The lowest BCUT2D eigenvalue weighted by Crippen LogP contribution is -2.64. The van der Waals surface area contributed by atoms with E-state index in [2.05, 4.69) is 94.1 Å². The summed E-state index contributed by atoms with van der Waals surface area (Å²) in [4.78, 5) is 60.4. The molecule has 4 aliphatic rings. The molecule has 2 saturated heterocycles. The van der Waals surface area contributed by atoms with Crippen LogP contribution in [0.5, 0.6) is 0 Å². The highest BCUT2D eigenvalue weighted by molar-refractivity contribution is 9.10. The molecule has 1 aliphatic carbocycles. The number of piperidine rings is 1. The van der Waals surface area contributed by atoms with Crippen molar-refractivity contribution >= 4 is 61.2 Å². The molecule has 1 N–H and O–H groups in total. The summed E-state index contributed by atoms with van der Waals surface area (Å²) in [6.07, 6.45) is 6.28. The lowest BCUT2D eigenvalue weighted by Gasteiger charge is -2.47. The standard InChI is InChI=1S/C57H92BrNO12Si2/c1-17-41-29-35(2)28-36(3)30-48(66-11)52-49(67-12)32-38(5)57(64,69-52)53(61)54(62)59-27-21-20-23-43(59)55(63)68-51(39(6)46(34-44(41)60)71-73(15,16)56(7,8)9)37(4)31-40-25-26-45(47(33-40)65-10)70-72(13,14)50-24-19-18-22-42(50)58/h18-19,22,24,29,31,36,38-41,43,45-49,51-52,64H,17,20-21,23,25-28,30,32-34H2,1-16H3/b35-29+,37-31+/t36-,38+,39+,40-,41+,43-,45+,46-,47+,48-,49-,51+,52+,57+/m0/s1. The van der Waals surface area contributed by atoms with Crippen LogP contribution in [0.4, 0.5) is 0 Å². The molecule has 412 valence electrons. The molecule has 5 rings (SSSR count). The monoisotopic (exact) mass is 1120 g/mol. The molecular weight excluding hydrogens is 1030 g/mol. The van der Waals surface area contributed by atoms with E-state index in [1.54, 1.807) is 28.3 Å². The Labute approximate surface area is 449 Å². The minimum absolute atomic E-state index is 0.0448. The van der Waals surface area contributed by atoms with E-state index < -0.39 is 88.5 Å². The lowest BCUT2D eigenvalue weighted by molar-refractivity contribution is -0.302. The minimum atomic E-state index is -2.55. The van der Waals surface area contributed by atoms with Crippen molar-refractivity contribution in [3.63, 3.8) is 0 Å². The third kappa shape index (κ3) is 14.8. The molecule has 0 aromatic heterocycles. The number of amides is 1. The molecule has 73 heavy (non-hydrogen) atoms. The second-order valence-electron chi connectivity index (χ2n) is 24.1. The number of Topliss-reactive ketones (excluding diaryl/α,β-unsaturated/α-hetero) is 2. The van der Waals surface area contributed by atoms with Crippen LogP contribution in [0.15, 0.2) is 52.0 Å². The van der Waals surface area contributed by atoms with Gasteiger partial charge in [0.1, 0.15) is 24.0 Å². The summed E-state index contributed by atoms with van der Waals surface area (Å²) in [6.45, 7) is 27.3. The van der Waals surface area contributed by atoms with E-state index in [-0.39, 0.29) is 66.6 Å². The smallest absolute Gasteiger partial charge is 0.329 e. The Kier molecular flexibility index (Phi) is 21.8. The van der Waals surface area contributed by atoms with E-state index >= 15 is 4.79 Å². The van der Waals surface area contributed by atoms with Gasteiger partial charge in [0.05, 0.1) is 30.5 Å². The van der Waals surface area contributed by atoms with Crippen molar-refractivity contribution in [1.82, 2.24) is 4.90 Å². The Morgan fingerprint density at radius 1 is 0.863 bits per heavy atom. The molecule has 3 aliphatic heterocycles. The number of fused-ring (bicyclic) bond motifs is 3. The molecule has 13 nitrogen and oxygen atoms in total. The maximum Gasteiger partial charge on any atom is 0.329 e. The van der Waals surface area contributed by atoms with Crippen LogP contribution in [-0.2, 0) is 51.7 Å². The third-order valence-electron chi connectivity index (χ3n) is 17.1. The Hall–Kier alpha value is -2.39. The number of carbonyl (C=O) groups excluding carboxylic acids is 4. The average molecular weight is 1120 g/mol. The van der Waals surface area contributed by atoms with Gasteiger partial charge < -0.3 is 42.5 Å². The quantitative estimate of drug-likeness (QED) is 0.0970. The van der Waals surface area contributed by atoms with Crippen LogP contribution in [0.3, 0.4) is 0 Å². The number of ketones is 2. The number of cyclic esters (lactones) is 1. The number of esters is 1. The minimum Gasteiger partial charge on any atom is -0.456 e. The predicted octanol–water partition coefficient (Wildman–Crippen LogP) is 10.4. The molecule has 0 spiro atoms. The highest BCUT2D eigenvalue weighted by atomic mass is 79.9. The van der Waals surface area contributed by atoms with Crippen LogP contribution in [-0.4, -0.2) is 133 Å². The highest BCUT2D eigenvalue weighted by Crippen LogP contribution is 2.42. The van der Waals surface area contributed by atoms with E-state index in [4.69, 9.17) is 32.5 Å². The Balaban J connectivity index is 1.59. The summed E-state index contributed by atoms with van der Waals surface area (Å²) < 4.78 is 46.6. The number of ether oxygens (including phenoxy) is 5. The van der Waals surface area contributed by atoms with Crippen molar-refractivity contribution in [2.45, 2.75) is 219 Å². The molecule has 1 saturated carbocycles. The highest BCUT2D eigenvalue weighted by Gasteiger charge is 2.57. The van der Waals surface area contributed by atoms with E-state index in [1.807, 2.05) is 39.8 Å². The van der Waals surface area contributed by atoms with Crippen molar-refractivity contribution in [3.05, 3.63) is 52.0 Å². The fourth-order valence-electron chi connectivity index (χ4n) is 11.6. The number of nitrogens with zero attached hydrogens (tertiary/aromatic N) is 1. The first-order valence-corrected chi connectivity index (χ1v) is 33.8. The number of aliphatic hydroxyl groups is 1. The second kappa shape index (κ2) is 25.8. The van der Waals surface area contributed by atoms with Gasteiger partial charge in [-0.05, 0) is 138 Å². The number of hydrogen-bond donors (Lipinski definition) is 1. The number of benzene rings is 1. The molecule has 1 amide bonds. The molecule has 1 aromatic carbocycles. The average Bonchev–Trinajstić information content (AvgIpc) is 3.33. The van der Waals surface area contributed by atoms with E-state index in [0.717, 1.165) is 28.5 Å². The maximum atomic E-state index is 15.1. The zero-order chi connectivity index (χ0) is 54.4. The van der Waals surface area contributed by atoms with Crippen LogP contribution in [0.1, 0.15) is 133 Å². The zero-order valence-corrected chi connectivity index (χ0v) is 50.8. The zero-order valence-electron chi connectivity index (χ0n) is 47.2. The van der Waals surface area contributed by atoms with E-state index in [0.29, 0.717) is 38.5 Å². The second-order valence-corrected chi connectivity index (χ2v) is 33.5. The number of rotatable bonds is 11. The first-order valence-electron chi connectivity index (χ1n) is 27.2. The number of hydrogen-bond acceptors (Lipinski definition) is 12. The van der Waals surface area contributed by atoms with Crippen LogP contribution in [0.25, 0.3) is 0 Å². The summed E-state index contributed by atoms with van der Waals surface area (Å²) in [5.74, 6) is -6.83. The van der Waals surface area contributed by atoms with Crippen LogP contribution < -0.4 is 5.19 Å². The fourth-order valence-corrected chi connectivity index (χ4v) is 17.0. The van der Waals surface area contributed by atoms with Gasteiger partial charge in [-0.15, -0.1) is 0 Å². The third-order valence-corrected chi connectivity index (χ3v) is 25.2. The van der Waals surface area contributed by atoms with Crippen molar-refractivity contribution in [2.75, 3.05) is 27.9 Å². The first-order chi connectivity index (χ1) is 34.1. The van der Waals surface area contributed by atoms with Crippen molar-refractivity contribution in [1.29, 1.82) is 0 Å². The first kappa shape index (κ1) is 61.5. The Morgan fingerprint density at radius 2 is 1.51 bits per heavy atom. The van der Waals surface area contributed by atoms with Gasteiger partial charge in [0.15, 0.2) is 8.32 Å². The Morgan fingerprint density at radius 3 is 2.12 bits per heavy atom. The normalized spacial score (nSPS) is 35.4. The Bertz CT molecular complexity index is 2130. The molecule has 0 radical (unpaired) electrons. The van der Waals surface area contributed by atoms with Gasteiger partial charge in [0.25, 0.3) is 11.7 Å². The van der Waals surface area contributed by atoms with Gasteiger partial charge >= 0.3 is 5.97 Å². The van der Waals surface area contributed by atoms with Gasteiger partial charge in [0.2, 0.25) is 14.1 Å². The molecule has 16 heteroatoms. The van der Waals surface area contributed by atoms with Gasteiger partial charge in [-0.3, -0.25) is 14.4 Å². The molecule has 0 unspecified atom stereocenters. The largest absolute Gasteiger partial charge is 0.456 e. The molecule has 3 heterocycles. The summed E-state index contributed by atoms with van der Waals surface area (Å²) in [6, 6.07) is 7.14. The van der Waals surface area contributed by atoms with Gasteiger partial charge in [-0.1, -0.05) is 100 Å². The number of halogens is 1. The molecule has 3 fully saturated rings. The van der Waals surface area contributed by atoms with Crippen LogP contribution in [0.2, 0.25) is 31.2 Å². The molecule has 2 bridgehead atoms. The summed E-state index contributed by atoms with van der Waals surface area (Å²) in [5, 5.41) is 13.3. The molecule has 14 atom stereocenters. The fraction of sp³-hybridized carbons (Fsp3) is 0.754. The summed E-state index contributed by atoms with van der Waals surface area (Å²) >= 11 is 3.75. The topological polar surface area (TPSA) is 156 Å². The van der Waals surface area contributed by atoms with Crippen molar-refractivity contribution < 1.29 is 56.8 Å². The predicted molar refractivity (Wildman–Crippen MR) is 294 cm³/mol. The summed E-state index contributed by atoms with van der Waals surface area (Å²) in [7, 11) is -0.0393. The van der Waals surface area contributed by atoms with Crippen LogP contribution in [0, 0.1) is 29.6 Å². The van der Waals surface area contributed by atoms with Gasteiger partial charge in [0, 0.05) is 56.5 Å². The van der Waals surface area contributed by atoms with Crippen LogP contribution >= 0.6 is 15.9 Å². The maximum absolute atomic E-state index is 15.1. The van der Waals surface area contributed by atoms with Gasteiger partial charge in [-0.25, -0.2) is 4.79 Å².